The zero-order chi connectivity index (χ0) is 13.8. The number of aryl methyl sites for hydroxylation is 2. The lowest BCUT2D eigenvalue weighted by Gasteiger charge is -2.05. The summed E-state index contributed by atoms with van der Waals surface area (Å²) in [4.78, 5) is 12.1. The molecular weight excluding hydrogens is 240 g/mol. The number of hydrogen-bond donors (Lipinski definition) is 2. The minimum absolute atomic E-state index is 0.0199. The van der Waals surface area contributed by atoms with E-state index in [2.05, 4.69) is 0 Å². The lowest BCUT2D eigenvalue weighted by atomic mass is 10.0. The first kappa shape index (κ1) is 13.1. The number of carbonyl (C=O) groups excluding carboxylic acids is 1. The minimum Gasteiger partial charge on any atom is -0.508 e. The van der Waals surface area contributed by atoms with E-state index in [1.54, 1.807) is 30.3 Å². The monoisotopic (exact) mass is 256 g/mol. The van der Waals surface area contributed by atoms with Gasteiger partial charge < -0.3 is 10.2 Å². The molecule has 0 bridgehead atoms. The van der Waals surface area contributed by atoms with Crippen molar-refractivity contribution in [3.63, 3.8) is 0 Å². The number of aromatic hydroxyl groups is 2. The van der Waals surface area contributed by atoms with Crippen molar-refractivity contribution in [1.82, 2.24) is 0 Å². The van der Waals surface area contributed by atoms with Gasteiger partial charge in [0, 0.05) is 6.42 Å². The van der Waals surface area contributed by atoms with Gasteiger partial charge in [-0.15, -0.1) is 0 Å². The number of hydrogen-bond acceptors (Lipinski definition) is 3. The summed E-state index contributed by atoms with van der Waals surface area (Å²) in [6.45, 7) is 1.88. The third kappa shape index (κ3) is 3.35. The van der Waals surface area contributed by atoms with Crippen molar-refractivity contribution in [2.24, 2.45) is 0 Å². The molecule has 0 aliphatic rings. The zero-order valence-corrected chi connectivity index (χ0v) is 10.8. The largest absolute Gasteiger partial charge is 0.508 e. The van der Waals surface area contributed by atoms with Crippen LogP contribution in [0.3, 0.4) is 0 Å². The highest BCUT2D eigenvalue weighted by Crippen LogP contribution is 2.21. The van der Waals surface area contributed by atoms with Gasteiger partial charge in [-0.05, 0) is 43.2 Å². The van der Waals surface area contributed by atoms with E-state index in [9.17, 15) is 15.0 Å². The number of carbonyl (C=O) groups is 1. The number of ketones is 1. The lowest BCUT2D eigenvalue weighted by Crippen LogP contribution is -2.02. The Kier molecular flexibility index (Phi) is 3.85. The van der Waals surface area contributed by atoms with Crippen molar-refractivity contribution in [2.75, 3.05) is 0 Å². The molecule has 3 nitrogen and oxygen atoms in total. The van der Waals surface area contributed by atoms with E-state index in [4.69, 9.17) is 0 Å². The fraction of sp³-hybridized carbons (Fsp3) is 0.188. The fourth-order valence-corrected chi connectivity index (χ4v) is 1.98. The molecule has 0 fully saturated rings. The van der Waals surface area contributed by atoms with Crippen molar-refractivity contribution < 1.29 is 15.0 Å². The molecule has 0 aliphatic carbocycles. The van der Waals surface area contributed by atoms with E-state index in [0.29, 0.717) is 18.4 Å². The van der Waals surface area contributed by atoms with Crippen LogP contribution in [0.4, 0.5) is 0 Å². The van der Waals surface area contributed by atoms with Gasteiger partial charge in [0.15, 0.2) is 5.78 Å². The normalized spacial score (nSPS) is 10.4. The highest BCUT2D eigenvalue weighted by molar-refractivity contribution is 5.98. The van der Waals surface area contributed by atoms with Gasteiger partial charge >= 0.3 is 0 Å². The maximum atomic E-state index is 12.1. The van der Waals surface area contributed by atoms with Gasteiger partial charge in [0.05, 0.1) is 5.56 Å². The summed E-state index contributed by atoms with van der Waals surface area (Å²) in [6.07, 6.45) is 0.848. The molecule has 0 atom stereocenters. The van der Waals surface area contributed by atoms with Gasteiger partial charge in [0.2, 0.25) is 0 Å². The Morgan fingerprint density at radius 3 is 2.63 bits per heavy atom. The zero-order valence-electron chi connectivity index (χ0n) is 10.8. The Labute approximate surface area is 112 Å². The maximum absolute atomic E-state index is 12.1. The van der Waals surface area contributed by atoms with Gasteiger partial charge in [0.1, 0.15) is 11.5 Å². The van der Waals surface area contributed by atoms with Crippen LogP contribution < -0.4 is 0 Å². The van der Waals surface area contributed by atoms with Gasteiger partial charge in [-0.1, -0.05) is 23.8 Å². The highest BCUT2D eigenvalue weighted by Gasteiger charge is 2.11. The number of benzene rings is 2. The first-order chi connectivity index (χ1) is 9.06. The number of phenols is 2. The van der Waals surface area contributed by atoms with Crippen molar-refractivity contribution in [3.8, 4) is 11.5 Å². The molecule has 2 aromatic rings. The molecule has 2 rings (SSSR count). The van der Waals surface area contributed by atoms with Crippen LogP contribution in [0.15, 0.2) is 42.5 Å². The molecular formula is C16H16O3. The van der Waals surface area contributed by atoms with Gasteiger partial charge in [-0.25, -0.2) is 0 Å². The van der Waals surface area contributed by atoms with E-state index >= 15 is 0 Å². The standard InChI is InChI=1S/C16H16O3/c1-11-5-7-15(18)14(9-11)16(19)8-6-12-3-2-4-13(17)10-12/h2-5,7,9-10,17-18H,6,8H2,1H3. The van der Waals surface area contributed by atoms with Crippen LogP contribution in [0.1, 0.15) is 27.9 Å². The first-order valence-corrected chi connectivity index (χ1v) is 6.17. The molecule has 0 aromatic heterocycles. The second-order valence-corrected chi connectivity index (χ2v) is 4.61. The van der Waals surface area contributed by atoms with Crippen LogP contribution in [-0.2, 0) is 6.42 Å². The first-order valence-electron chi connectivity index (χ1n) is 6.17. The smallest absolute Gasteiger partial charge is 0.166 e. The Bertz CT molecular complexity index is 603. The van der Waals surface area contributed by atoms with Crippen LogP contribution in [0.5, 0.6) is 11.5 Å². The van der Waals surface area contributed by atoms with E-state index in [1.165, 1.54) is 6.07 Å². The minimum atomic E-state index is -0.0930. The molecule has 19 heavy (non-hydrogen) atoms. The SMILES string of the molecule is Cc1ccc(O)c(C(=O)CCc2cccc(O)c2)c1. The van der Waals surface area contributed by atoms with Crippen molar-refractivity contribution >= 4 is 5.78 Å². The quantitative estimate of drug-likeness (QED) is 0.826. The van der Waals surface area contributed by atoms with Gasteiger partial charge in [-0.3, -0.25) is 4.79 Å². The second kappa shape index (κ2) is 5.57. The summed E-state index contributed by atoms with van der Waals surface area (Å²) in [5.41, 5.74) is 2.21. The molecule has 0 heterocycles. The average molecular weight is 256 g/mol. The summed E-state index contributed by atoms with van der Waals surface area (Å²) in [7, 11) is 0. The molecule has 0 radical (unpaired) electrons. The summed E-state index contributed by atoms with van der Waals surface area (Å²) in [6, 6.07) is 11.8. The topological polar surface area (TPSA) is 57.5 Å². The van der Waals surface area contributed by atoms with Crippen LogP contribution in [0.25, 0.3) is 0 Å². The Balaban J connectivity index is 2.07. The molecule has 0 unspecified atom stereocenters. The van der Waals surface area contributed by atoms with Gasteiger partial charge in [-0.2, -0.15) is 0 Å². The van der Waals surface area contributed by atoms with Crippen molar-refractivity contribution in [2.45, 2.75) is 19.8 Å². The van der Waals surface area contributed by atoms with Crippen LogP contribution in [-0.4, -0.2) is 16.0 Å². The fourth-order valence-electron chi connectivity index (χ4n) is 1.98. The molecule has 0 saturated carbocycles. The molecule has 0 aliphatic heterocycles. The van der Waals surface area contributed by atoms with Crippen LogP contribution in [0, 0.1) is 6.92 Å². The molecule has 0 spiro atoms. The number of phenolic OH excluding ortho intramolecular Hbond substituents is 2. The van der Waals surface area contributed by atoms with Crippen LogP contribution >= 0.6 is 0 Å². The summed E-state index contributed by atoms with van der Waals surface area (Å²) >= 11 is 0. The summed E-state index contributed by atoms with van der Waals surface area (Å²) < 4.78 is 0. The molecule has 2 N–H and O–H groups in total. The van der Waals surface area contributed by atoms with E-state index < -0.39 is 0 Å². The van der Waals surface area contributed by atoms with E-state index in [-0.39, 0.29) is 17.3 Å². The predicted molar refractivity (Wildman–Crippen MR) is 73.6 cm³/mol. The van der Waals surface area contributed by atoms with Gasteiger partial charge in [0.25, 0.3) is 0 Å². The Hall–Kier alpha value is -2.29. The van der Waals surface area contributed by atoms with E-state index in [0.717, 1.165) is 11.1 Å². The van der Waals surface area contributed by atoms with E-state index in [1.807, 2.05) is 13.0 Å². The second-order valence-electron chi connectivity index (χ2n) is 4.61. The third-order valence-electron chi connectivity index (χ3n) is 3.00. The molecule has 0 amide bonds. The maximum Gasteiger partial charge on any atom is 0.166 e. The van der Waals surface area contributed by atoms with Crippen molar-refractivity contribution in [3.05, 3.63) is 59.2 Å². The average Bonchev–Trinajstić information content (AvgIpc) is 2.39. The summed E-state index contributed by atoms with van der Waals surface area (Å²) in [5, 5.41) is 19.0. The summed E-state index contributed by atoms with van der Waals surface area (Å²) in [5.74, 6) is 0.124. The Morgan fingerprint density at radius 2 is 1.89 bits per heavy atom. The number of Topliss-reactive ketones (excluding diaryl/α,β-unsaturated/α-hetero) is 1. The lowest BCUT2D eigenvalue weighted by molar-refractivity contribution is 0.0980. The van der Waals surface area contributed by atoms with Crippen molar-refractivity contribution in [1.29, 1.82) is 0 Å². The molecule has 3 heteroatoms. The Morgan fingerprint density at radius 1 is 1.11 bits per heavy atom. The molecule has 2 aromatic carbocycles. The molecule has 0 saturated heterocycles. The predicted octanol–water partition coefficient (Wildman–Crippen LogP) is 3.22. The third-order valence-corrected chi connectivity index (χ3v) is 3.00. The number of rotatable bonds is 4. The molecule has 98 valence electrons. The highest BCUT2D eigenvalue weighted by atomic mass is 16.3. The van der Waals surface area contributed by atoms with Crippen LogP contribution in [0.2, 0.25) is 0 Å².